The van der Waals surface area contributed by atoms with Gasteiger partial charge in [0, 0.05) is 36.3 Å². The lowest BCUT2D eigenvalue weighted by Gasteiger charge is -2.05. The standard InChI is InChI=1S/C16H16N4O3/c1-10(21)20-13-3-4-14(17)11(7-13)9-19-12-5-6-18-15(8-12)16(22)23-2/h3-9H,17H2,1-2H3,(H,20,21). The van der Waals surface area contributed by atoms with Crippen molar-refractivity contribution in [2.45, 2.75) is 6.92 Å². The molecule has 7 heteroatoms. The summed E-state index contributed by atoms with van der Waals surface area (Å²) in [5, 5.41) is 2.67. The highest BCUT2D eigenvalue weighted by Crippen LogP contribution is 2.18. The van der Waals surface area contributed by atoms with Crippen molar-refractivity contribution in [3.63, 3.8) is 0 Å². The van der Waals surface area contributed by atoms with Crippen LogP contribution >= 0.6 is 0 Å². The van der Waals surface area contributed by atoms with Crippen molar-refractivity contribution in [2.24, 2.45) is 4.99 Å². The van der Waals surface area contributed by atoms with Crippen molar-refractivity contribution < 1.29 is 14.3 Å². The molecule has 0 spiro atoms. The van der Waals surface area contributed by atoms with Gasteiger partial charge in [0.2, 0.25) is 5.91 Å². The van der Waals surface area contributed by atoms with Crippen LogP contribution in [0.5, 0.6) is 0 Å². The summed E-state index contributed by atoms with van der Waals surface area (Å²) >= 11 is 0. The Labute approximate surface area is 133 Å². The van der Waals surface area contributed by atoms with Gasteiger partial charge in [0.1, 0.15) is 5.69 Å². The maximum Gasteiger partial charge on any atom is 0.356 e. The quantitative estimate of drug-likeness (QED) is 0.511. The Hall–Kier alpha value is -3.22. The predicted molar refractivity (Wildman–Crippen MR) is 88.0 cm³/mol. The Morgan fingerprint density at radius 2 is 2.09 bits per heavy atom. The van der Waals surface area contributed by atoms with Crippen molar-refractivity contribution in [2.75, 3.05) is 18.2 Å². The van der Waals surface area contributed by atoms with E-state index in [-0.39, 0.29) is 11.6 Å². The van der Waals surface area contributed by atoms with Gasteiger partial charge in [-0.25, -0.2) is 9.78 Å². The molecule has 118 valence electrons. The first kappa shape index (κ1) is 16.2. The molecule has 0 saturated heterocycles. The molecule has 0 atom stereocenters. The molecule has 0 saturated carbocycles. The normalized spacial score (nSPS) is 10.5. The zero-order valence-corrected chi connectivity index (χ0v) is 12.7. The van der Waals surface area contributed by atoms with E-state index in [0.29, 0.717) is 22.6 Å². The number of nitrogens with two attached hydrogens (primary N) is 1. The Balaban J connectivity index is 2.26. The van der Waals surface area contributed by atoms with Gasteiger partial charge < -0.3 is 15.8 Å². The number of nitrogen functional groups attached to an aromatic ring is 1. The number of ether oxygens (including phenoxy) is 1. The van der Waals surface area contributed by atoms with Crippen LogP contribution in [-0.4, -0.2) is 30.2 Å². The molecular weight excluding hydrogens is 296 g/mol. The first-order valence-electron chi connectivity index (χ1n) is 6.75. The van der Waals surface area contributed by atoms with Gasteiger partial charge in [-0.05, 0) is 30.3 Å². The highest BCUT2D eigenvalue weighted by atomic mass is 16.5. The Kier molecular flexibility index (Phi) is 5.03. The summed E-state index contributed by atoms with van der Waals surface area (Å²) in [6.07, 6.45) is 3.02. The largest absolute Gasteiger partial charge is 0.464 e. The number of pyridine rings is 1. The van der Waals surface area contributed by atoms with Crippen molar-refractivity contribution in [1.29, 1.82) is 0 Å². The van der Waals surface area contributed by atoms with Crippen LogP contribution in [0.25, 0.3) is 0 Å². The van der Waals surface area contributed by atoms with Crippen LogP contribution in [0.15, 0.2) is 41.5 Å². The molecule has 3 N–H and O–H groups in total. The summed E-state index contributed by atoms with van der Waals surface area (Å²) in [4.78, 5) is 30.7. The zero-order valence-electron chi connectivity index (χ0n) is 12.7. The summed E-state index contributed by atoms with van der Waals surface area (Å²) in [5.41, 5.74) is 8.38. The van der Waals surface area contributed by atoms with E-state index in [4.69, 9.17) is 5.73 Å². The maximum absolute atomic E-state index is 11.4. The van der Waals surface area contributed by atoms with Crippen molar-refractivity contribution in [3.05, 3.63) is 47.8 Å². The number of benzene rings is 1. The molecule has 1 aromatic carbocycles. The first-order valence-corrected chi connectivity index (χ1v) is 6.75. The summed E-state index contributed by atoms with van der Waals surface area (Å²) in [6.45, 7) is 1.43. The number of rotatable bonds is 4. The molecule has 7 nitrogen and oxygen atoms in total. The minimum atomic E-state index is -0.533. The fourth-order valence-corrected chi connectivity index (χ4v) is 1.83. The van der Waals surface area contributed by atoms with Gasteiger partial charge in [-0.1, -0.05) is 0 Å². The third-order valence-corrected chi connectivity index (χ3v) is 2.90. The summed E-state index contributed by atoms with van der Waals surface area (Å²) in [6, 6.07) is 8.25. The number of carbonyl (C=O) groups is 2. The van der Waals surface area contributed by atoms with E-state index in [1.54, 1.807) is 30.5 Å². The second-order valence-electron chi connectivity index (χ2n) is 4.67. The van der Waals surface area contributed by atoms with Gasteiger partial charge in [0.25, 0.3) is 0 Å². The Morgan fingerprint density at radius 3 is 2.78 bits per heavy atom. The zero-order chi connectivity index (χ0) is 16.8. The van der Waals surface area contributed by atoms with E-state index < -0.39 is 5.97 Å². The van der Waals surface area contributed by atoms with Crippen molar-refractivity contribution >= 4 is 35.2 Å². The lowest BCUT2D eigenvalue weighted by atomic mass is 10.1. The van der Waals surface area contributed by atoms with Crippen molar-refractivity contribution in [3.8, 4) is 0 Å². The number of esters is 1. The summed E-state index contributed by atoms with van der Waals surface area (Å²) in [5.74, 6) is -0.705. The summed E-state index contributed by atoms with van der Waals surface area (Å²) < 4.78 is 4.61. The molecule has 0 unspecified atom stereocenters. The van der Waals surface area contributed by atoms with E-state index in [9.17, 15) is 9.59 Å². The van der Waals surface area contributed by atoms with Crippen LogP contribution in [0.3, 0.4) is 0 Å². The third kappa shape index (κ3) is 4.37. The van der Waals surface area contributed by atoms with Crippen molar-refractivity contribution in [1.82, 2.24) is 4.98 Å². The number of carbonyl (C=O) groups excluding carboxylic acids is 2. The van der Waals surface area contributed by atoms with Crippen LogP contribution in [0.2, 0.25) is 0 Å². The first-order chi connectivity index (χ1) is 11.0. The number of aromatic nitrogens is 1. The highest BCUT2D eigenvalue weighted by molar-refractivity contribution is 5.94. The van der Waals surface area contributed by atoms with E-state index >= 15 is 0 Å². The van der Waals surface area contributed by atoms with E-state index in [0.717, 1.165) is 0 Å². The molecule has 1 aromatic heterocycles. The number of amides is 1. The SMILES string of the molecule is COC(=O)c1cc(N=Cc2cc(NC(C)=O)ccc2N)ccn1. The Morgan fingerprint density at radius 1 is 1.30 bits per heavy atom. The Bertz CT molecular complexity index is 772. The van der Waals surface area contributed by atoms with Gasteiger partial charge >= 0.3 is 5.97 Å². The second-order valence-corrected chi connectivity index (χ2v) is 4.67. The number of aliphatic imine (C=N–C) groups is 1. The summed E-state index contributed by atoms with van der Waals surface area (Å²) in [7, 11) is 1.29. The van der Waals surface area contributed by atoms with E-state index in [1.807, 2.05) is 0 Å². The molecule has 0 aliphatic rings. The van der Waals surface area contributed by atoms with Crippen LogP contribution in [-0.2, 0) is 9.53 Å². The van der Waals surface area contributed by atoms with Gasteiger partial charge in [0.05, 0.1) is 12.8 Å². The lowest BCUT2D eigenvalue weighted by molar-refractivity contribution is -0.114. The molecule has 1 heterocycles. The molecular formula is C16H16N4O3. The molecule has 0 fully saturated rings. The molecule has 2 rings (SSSR count). The number of hydrogen-bond donors (Lipinski definition) is 2. The highest BCUT2D eigenvalue weighted by Gasteiger charge is 2.07. The molecule has 0 radical (unpaired) electrons. The van der Waals surface area contributed by atoms with Gasteiger partial charge in [0.15, 0.2) is 0 Å². The smallest absolute Gasteiger partial charge is 0.356 e. The second kappa shape index (κ2) is 7.17. The third-order valence-electron chi connectivity index (χ3n) is 2.90. The predicted octanol–water partition coefficient (Wildman–Crippen LogP) is 2.16. The molecule has 2 aromatic rings. The topological polar surface area (TPSA) is 107 Å². The van der Waals surface area contributed by atoms with Gasteiger partial charge in [-0.15, -0.1) is 0 Å². The van der Waals surface area contributed by atoms with Crippen LogP contribution in [0.1, 0.15) is 23.0 Å². The lowest BCUT2D eigenvalue weighted by Crippen LogP contribution is -2.06. The molecule has 0 bridgehead atoms. The maximum atomic E-state index is 11.4. The number of nitrogens with zero attached hydrogens (tertiary/aromatic N) is 2. The monoisotopic (exact) mass is 312 g/mol. The number of nitrogens with one attached hydrogen (secondary N) is 1. The van der Waals surface area contributed by atoms with Crippen LogP contribution in [0, 0.1) is 0 Å². The van der Waals surface area contributed by atoms with Gasteiger partial charge in [-0.2, -0.15) is 0 Å². The fourth-order valence-electron chi connectivity index (χ4n) is 1.83. The molecule has 0 aliphatic heterocycles. The number of methoxy groups -OCH3 is 1. The van der Waals surface area contributed by atoms with Crippen LogP contribution in [0.4, 0.5) is 17.1 Å². The molecule has 1 amide bonds. The molecule has 23 heavy (non-hydrogen) atoms. The van der Waals surface area contributed by atoms with Crippen LogP contribution < -0.4 is 11.1 Å². The average Bonchev–Trinajstić information content (AvgIpc) is 2.54. The minimum absolute atomic E-state index is 0.169. The van der Waals surface area contributed by atoms with E-state index in [1.165, 1.54) is 26.3 Å². The number of anilines is 2. The van der Waals surface area contributed by atoms with E-state index in [2.05, 4.69) is 20.0 Å². The molecule has 0 aliphatic carbocycles. The van der Waals surface area contributed by atoms with Gasteiger partial charge in [-0.3, -0.25) is 9.79 Å². The fraction of sp³-hybridized carbons (Fsp3) is 0.125. The number of hydrogen-bond acceptors (Lipinski definition) is 6. The average molecular weight is 312 g/mol. The minimum Gasteiger partial charge on any atom is -0.464 e.